The van der Waals surface area contributed by atoms with Gasteiger partial charge in [-0.05, 0) is 31.0 Å². The molecule has 2 saturated heterocycles. The molecule has 32 heavy (non-hydrogen) atoms. The zero-order valence-electron chi connectivity index (χ0n) is 18.1. The molecule has 170 valence electrons. The number of sulfonamides is 1. The number of imide groups is 1. The Morgan fingerprint density at radius 3 is 2.38 bits per heavy atom. The SMILES string of the molecule is Cc1ccc(S(=O)(=O)N2CCCN(CN3C(=O)N[C@H](Cc4ccccc4)C3=O)CC2)cc1. The minimum atomic E-state index is -3.57. The van der Waals surface area contributed by atoms with Gasteiger partial charge in [0.1, 0.15) is 6.04 Å². The van der Waals surface area contributed by atoms with Crippen molar-refractivity contribution < 1.29 is 18.0 Å². The first-order valence-electron chi connectivity index (χ1n) is 10.8. The summed E-state index contributed by atoms with van der Waals surface area (Å²) in [5.41, 5.74) is 1.99. The maximum Gasteiger partial charge on any atom is 0.325 e. The molecule has 2 aliphatic heterocycles. The highest BCUT2D eigenvalue weighted by atomic mass is 32.2. The number of carbonyl (C=O) groups excluding carboxylic acids is 2. The van der Waals surface area contributed by atoms with E-state index in [1.165, 1.54) is 9.21 Å². The molecule has 0 aromatic heterocycles. The van der Waals surface area contributed by atoms with Crippen LogP contribution in [0.3, 0.4) is 0 Å². The summed E-state index contributed by atoms with van der Waals surface area (Å²) >= 11 is 0. The molecule has 8 nitrogen and oxygen atoms in total. The van der Waals surface area contributed by atoms with Crippen LogP contribution >= 0.6 is 0 Å². The number of carbonyl (C=O) groups is 2. The van der Waals surface area contributed by atoms with Gasteiger partial charge in [-0.15, -0.1) is 0 Å². The summed E-state index contributed by atoms with van der Waals surface area (Å²) in [7, 11) is -3.57. The van der Waals surface area contributed by atoms with Gasteiger partial charge in [0.25, 0.3) is 5.91 Å². The molecule has 2 fully saturated rings. The molecular weight excluding hydrogens is 428 g/mol. The third-order valence-corrected chi connectivity index (χ3v) is 7.85. The second-order valence-corrected chi connectivity index (χ2v) is 10.2. The number of hydrogen-bond donors (Lipinski definition) is 1. The lowest BCUT2D eigenvalue weighted by atomic mass is 10.1. The van der Waals surface area contributed by atoms with Crippen molar-refractivity contribution in [1.29, 1.82) is 0 Å². The lowest BCUT2D eigenvalue weighted by molar-refractivity contribution is -0.128. The average Bonchev–Trinajstić information content (AvgIpc) is 2.94. The van der Waals surface area contributed by atoms with Gasteiger partial charge in [0.2, 0.25) is 10.0 Å². The monoisotopic (exact) mass is 456 g/mol. The Bertz CT molecular complexity index is 1070. The molecule has 1 atom stereocenters. The summed E-state index contributed by atoms with van der Waals surface area (Å²) < 4.78 is 27.5. The van der Waals surface area contributed by atoms with Gasteiger partial charge in [-0.2, -0.15) is 4.31 Å². The van der Waals surface area contributed by atoms with Crippen LogP contribution in [0.4, 0.5) is 4.79 Å². The first kappa shape index (κ1) is 22.4. The Labute approximate surface area is 188 Å². The molecule has 0 aliphatic carbocycles. The van der Waals surface area contributed by atoms with E-state index in [0.717, 1.165) is 11.1 Å². The normalized spacial score (nSPS) is 20.9. The van der Waals surface area contributed by atoms with Gasteiger partial charge in [0, 0.05) is 32.6 Å². The Morgan fingerprint density at radius 2 is 1.66 bits per heavy atom. The Kier molecular flexibility index (Phi) is 6.59. The minimum Gasteiger partial charge on any atom is -0.325 e. The summed E-state index contributed by atoms with van der Waals surface area (Å²) in [5.74, 6) is -0.243. The van der Waals surface area contributed by atoms with Crippen LogP contribution < -0.4 is 5.32 Å². The van der Waals surface area contributed by atoms with Gasteiger partial charge in [0.05, 0.1) is 11.6 Å². The first-order valence-corrected chi connectivity index (χ1v) is 12.2. The van der Waals surface area contributed by atoms with Crippen molar-refractivity contribution in [3.8, 4) is 0 Å². The zero-order chi connectivity index (χ0) is 22.7. The Hall–Kier alpha value is -2.75. The van der Waals surface area contributed by atoms with Crippen LogP contribution in [0.2, 0.25) is 0 Å². The molecule has 0 unspecified atom stereocenters. The van der Waals surface area contributed by atoms with Gasteiger partial charge in [-0.1, -0.05) is 48.0 Å². The smallest absolute Gasteiger partial charge is 0.325 e. The van der Waals surface area contributed by atoms with Crippen LogP contribution in [-0.4, -0.2) is 73.4 Å². The third kappa shape index (κ3) is 4.85. The number of rotatable bonds is 6. The van der Waals surface area contributed by atoms with E-state index in [2.05, 4.69) is 5.32 Å². The Morgan fingerprint density at radius 1 is 0.938 bits per heavy atom. The van der Waals surface area contributed by atoms with E-state index in [9.17, 15) is 18.0 Å². The van der Waals surface area contributed by atoms with E-state index in [1.54, 1.807) is 24.3 Å². The van der Waals surface area contributed by atoms with Crippen molar-refractivity contribution in [3.05, 3.63) is 65.7 Å². The maximum atomic E-state index is 13.0. The van der Waals surface area contributed by atoms with Crippen molar-refractivity contribution in [2.24, 2.45) is 0 Å². The highest BCUT2D eigenvalue weighted by Gasteiger charge is 2.39. The van der Waals surface area contributed by atoms with E-state index in [-0.39, 0.29) is 17.5 Å². The largest absolute Gasteiger partial charge is 0.325 e. The van der Waals surface area contributed by atoms with Crippen molar-refractivity contribution in [1.82, 2.24) is 19.4 Å². The lowest BCUT2D eigenvalue weighted by Crippen LogP contribution is -2.43. The molecule has 9 heteroatoms. The van der Waals surface area contributed by atoms with E-state index in [1.807, 2.05) is 42.2 Å². The second kappa shape index (κ2) is 9.40. The number of urea groups is 1. The summed E-state index contributed by atoms with van der Waals surface area (Å²) in [6.45, 7) is 3.86. The van der Waals surface area contributed by atoms with Gasteiger partial charge in [0.15, 0.2) is 0 Å². The fourth-order valence-electron chi connectivity index (χ4n) is 4.09. The molecule has 0 spiro atoms. The van der Waals surface area contributed by atoms with Crippen LogP contribution in [0.5, 0.6) is 0 Å². The quantitative estimate of drug-likeness (QED) is 0.670. The van der Waals surface area contributed by atoms with Crippen molar-refractivity contribution in [2.45, 2.75) is 30.7 Å². The minimum absolute atomic E-state index is 0.161. The van der Waals surface area contributed by atoms with Crippen molar-refractivity contribution in [3.63, 3.8) is 0 Å². The van der Waals surface area contributed by atoms with E-state index >= 15 is 0 Å². The molecule has 3 amide bonds. The van der Waals surface area contributed by atoms with Crippen molar-refractivity contribution in [2.75, 3.05) is 32.8 Å². The highest BCUT2D eigenvalue weighted by Crippen LogP contribution is 2.19. The lowest BCUT2D eigenvalue weighted by Gasteiger charge is -2.25. The Balaban J connectivity index is 1.37. The maximum absolute atomic E-state index is 13.0. The van der Waals surface area contributed by atoms with Crippen LogP contribution in [-0.2, 0) is 21.2 Å². The van der Waals surface area contributed by atoms with Crippen molar-refractivity contribution >= 4 is 22.0 Å². The summed E-state index contributed by atoms with van der Waals surface area (Å²) in [6, 6.07) is 15.5. The average molecular weight is 457 g/mol. The summed E-state index contributed by atoms with van der Waals surface area (Å²) in [6.07, 6.45) is 1.08. The second-order valence-electron chi connectivity index (χ2n) is 8.29. The fraction of sp³-hybridized carbons (Fsp3) is 0.391. The molecule has 1 N–H and O–H groups in total. The molecule has 2 aromatic carbocycles. The number of nitrogens with one attached hydrogen (secondary N) is 1. The highest BCUT2D eigenvalue weighted by molar-refractivity contribution is 7.89. The number of aryl methyl sites for hydroxylation is 1. The zero-order valence-corrected chi connectivity index (χ0v) is 18.9. The third-order valence-electron chi connectivity index (χ3n) is 5.94. The summed E-state index contributed by atoms with van der Waals surface area (Å²) in [5, 5.41) is 2.77. The predicted octanol–water partition coefficient (Wildman–Crippen LogP) is 1.81. The van der Waals surface area contributed by atoms with Gasteiger partial charge in [-0.25, -0.2) is 18.1 Å². The molecule has 0 bridgehead atoms. The molecular formula is C23H28N4O4S. The van der Waals surface area contributed by atoms with Crippen LogP contribution in [0.15, 0.2) is 59.5 Å². The first-order chi connectivity index (χ1) is 15.3. The van der Waals surface area contributed by atoms with Gasteiger partial charge in [-0.3, -0.25) is 9.69 Å². The number of amides is 3. The van der Waals surface area contributed by atoms with Gasteiger partial charge >= 0.3 is 6.03 Å². The number of nitrogens with zero attached hydrogens (tertiary/aromatic N) is 3. The topological polar surface area (TPSA) is 90.0 Å². The molecule has 0 saturated carbocycles. The van der Waals surface area contributed by atoms with E-state index in [4.69, 9.17) is 0 Å². The van der Waals surface area contributed by atoms with Crippen LogP contribution in [0.25, 0.3) is 0 Å². The fourth-order valence-corrected chi connectivity index (χ4v) is 5.56. The van der Waals surface area contributed by atoms with E-state index in [0.29, 0.717) is 39.0 Å². The molecule has 2 aromatic rings. The molecule has 2 aliphatic rings. The van der Waals surface area contributed by atoms with Gasteiger partial charge < -0.3 is 5.32 Å². The van der Waals surface area contributed by atoms with Crippen LogP contribution in [0.1, 0.15) is 17.5 Å². The molecule has 4 rings (SSSR count). The predicted molar refractivity (Wildman–Crippen MR) is 120 cm³/mol. The number of hydrogen-bond acceptors (Lipinski definition) is 5. The van der Waals surface area contributed by atoms with Crippen LogP contribution in [0, 0.1) is 6.92 Å². The molecule has 2 heterocycles. The number of benzene rings is 2. The summed E-state index contributed by atoms with van der Waals surface area (Å²) in [4.78, 5) is 28.8. The molecule has 0 radical (unpaired) electrons. The standard InChI is InChI=1S/C23H28N4O4S/c1-18-8-10-20(11-9-18)32(30,31)26-13-5-12-25(14-15-26)17-27-22(28)21(24-23(27)29)16-19-6-3-2-4-7-19/h2-4,6-11,21H,5,12-17H2,1H3,(H,24,29)/t21-/m1/s1. The van der Waals surface area contributed by atoms with E-state index < -0.39 is 22.1 Å².